The predicted molar refractivity (Wildman–Crippen MR) is 40.5 cm³/mol. The number of rotatable bonds is 0. The fraction of sp³-hybridized carbons (Fsp3) is 0. The molecule has 3 nitrogen and oxygen atoms in total. The number of aromatic nitrogens is 1. The summed E-state index contributed by atoms with van der Waals surface area (Å²) < 4.78 is 0. The van der Waals surface area contributed by atoms with Crippen molar-refractivity contribution in [3.63, 3.8) is 0 Å². The summed E-state index contributed by atoms with van der Waals surface area (Å²) >= 11 is 0. The molecule has 1 radical (unpaired) electrons. The highest BCUT2D eigenvalue weighted by Crippen LogP contribution is 2.30. The van der Waals surface area contributed by atoms with Crippen molar-refractivity contribution < 1.29 is 10.2 Å². The summed E-state index contributed by atoms with van der Waals surface area (Å²) in [5, 5.41) is 18.8. The van der Waals surface area contributed by atoms with Crippen LogP contribution in [0.2, 0.25) is 0 Å². The number of phenols is 1. The maximum absolute atomic E-state index is 9.24. The number of nitrogens with one attached hydrogen (secondary N) is 1. The van der Waals surface area contributed by atoms with E-state index in [1.54, 1.807) is 12.1 Å². The molecule has 0 aliphatic carbocycles. The number of aromatic amines is 1. The third-order valence-corrected chi connectivity index (χ3v) is 1.59. The van der Waals surface area contributed by atoms with Crippen LogP contribution in [0.1, 0.15) is 0 Å². The third-order valence-electron chi connectivity index (χ3n) is 1.59. The van der Waals surface area contributed by atoms with Gasteiger partial charge in [0.2, 0.25) is 0 Å². The van der Waals surface area contributed by atoms with Gasteiger partial charge >= 0.3 is 0 Å². The van der Waals surface area contributed by atoms with Gasteiger partial charge in [-0.2, -0.15) is 0 Å². The van der Waals surface area contributed by atoms with E-state index < -0.39 is 0 Å². The number of H-pyrrole nitrogens is 1. The minimum Gasteiger partial charge on any atom is -0.507 e. The molecule has 55 valence electrons. The molecule has 0 fully saturated rings. The Bertz CT molecular complexity index is 392. The molecule has 3 heteroatoms. The number of aromatic hydroxyl groups is 2. The quantitative estimate of drug-likeness (QED) is 0.528. The van der Waals surface area contributed by atoms with Crippen LogP contribution >= 0.6 is 0 Å². The molecular weight excluding hydrogens is 142 g/mol. The Morgan fingerprint density at radius 1 is 1.27 bits per heavy atom. The zero-order valence-corrected chi connectivity index (χ0v) is 5.63. The third kappa shape index (κ3) is 0.741. The van der Waals surface area contributed by atoms with Crippen LogP contribution in [0.15, 0.2) is 18.2 Å². The zero-order chi connectivity index (χ0) is 7.84. The first-order chi connectivity index (χ1) is 5.29. The molecule has 0 saturated heterocycles. The summed E-state index contributed by atoms with van der Waals surface area (Å²) in [5.74, 6) is 0.0237. The minimum atomic E-state index is -0.0434. The van der Waals surface area contributed by atoms with E-state index in [0.29, 0.717) is 10.9 Å². The number of phenolic OH excluding ortho intramolecular Hbond substituents is 1. The van der Waals surface area contributed by atoms with Crippen molar-refractivity contribution >= 4 is 10.9 Å². The molecule has 0 atom stereocenters. The lowest BCUT2D eigenvalue weighted by molar-refractivity contribution is 0.464. The van der Waals surface area contributed by atoms with Crippen molar-refractivity contribution in [1.82, 2.24) is 4.98 Å². The van der Waals surface area contributed by atoms with Crippen molar-refractivity contribution in [2.75, 3.05) is 0 Å². The summed E-state index contributed by atoms with van der Waals surface area (Å²) in [6.07, 6.45) is 2.49. The lowest BCUT2D eigenvalue weighted by Crippen LogP contribution is -1.67. The van der Waals surface area contributed by atoms with Crippen LogP contribution in [0.3, 0.4) is 0 Å². The summed E-state index contributed by atoms with van der Waals surface area (Å²) in [7, 11) is 0. The Morgan fingerprint density at radius 3 is 2.82 bits per heavy atom. The minimum absolute atomic E-state index is 0.0434. The summed E-state index contributed by atoms with van der Waals surface area (Å²) in [6.45, 7) is 0. The summed E-state index contributed by atoms with van der Waals surface area (Å²) in [5.41, 5.74) is 0.683. The lowest BCUT2D eigenvalue weighted by Gasteiger charge is -1.93. The van der Waals surface area contributed by atoms with Gasteiger partial charge in [-0.25, -0.2) is 0 Å². The van der Waals surface area contributed by atoms with E-state index in [1.807, 2.05) is 0 Å². The van der Waals surface area contributed by atoms with E-state index in [2.05, 4.69) is 11.2 Å². The van der Waals surface area contributed by atoms with Gasteiger partial charge in [0.15, 0.2) is 5.75 Å². The topological polar surface area (TPSA) is 56.2 Å². The van der Waals surface area contributed by atoms with Crippen LogP contribution in [0.25, 0.3) is 10.9 Å². The van der Waals surface area contributed by atoms with Gasteiger partial charge in [-0.1, -0.05) is 6.07 Å². The Hall–Kier alpha value is -1.64. The average molecular weight is 148 g/mol. The normalized spacial score (nSPS) is 10.5. The number of benzene rings is 1. The predicted octanol–water partition coefficient (Wildman–Crippen LogP) is 1.38. The monoisotopic (exact) mass is 148 g/mol. The molecule has 1 aromatic carbocycles. The second kappa shape index (κ2) is 1.92. The van der Waals surface area contributed by atoms with Gasteiger partial charge in [0.1, 0.15) is 11.9 Å². The van der Waals surface area contributed by atoms with E-state index in [4.69, 9.17) is 5.11 Å². The Kier molecular flexibility index (Phi) is 1.06. The van der Waals surface area contributed by atoms with E-state index in [1.165, 1.54) is 6.07 Å². The van der Waals surface area contributed by atoms with Gasteiger partial charge in [-0.05, 0) is 12.1 Å². The largest absolute Gasteiger partial charge is 0.507 e. The summed E-state index contributed by atoms with van der Waals surface area (Å²) in [4.78, 5) is 2.69. The first kappa shape index (κ1) is 6.09. The molecular formula is C8H6NO2. The maximum atomic E-state index is 9.24. The van der Waals surface area contributed by atoms with Crippen LogP contribution in [-0.2, 0) is 0 Å². The molecule has 2 rings (SSSR count). The van der Waals surface area contributed by atoms with Crippen LogP contribution in [-0.4, -0.2) is 15.2 Å². The second-order valence-corrected chi connectivity index (χ2v) is 2.30. The van der Waals surface area contributed by atoms with Gasteiger partial charge in [0.25, 0.3) is 0 Å². The Labute approximate surface area is 62.9 Å². The highest BCUT2D eigenvalue weighted by molar-refractivity contribution is 5.90. The molecule has 1 aromatic heterocycles. The number of fused-ring (bicyclic) bond motifs is 1. The van der Waals surface area contributed by atoms with Gasteiger partial charge in [-0.15, -0.1) is 0 Å². The molecule has 1 heterocycles. The Balaban J connectivity index is 2.96. The highest BCUT2D eigenvalue weighted by atomic mass is 16.3. The number of hydrogen-bond acceptors (Lipinski definition) is 2. The van der Waals surface area contributed by atoms with E-state index in [0.717, 1.165) is 0 Å². The van der Waals surface area contributed by atoms with Crippen LogP contribution < -0.4 is 0 Å². The van der Waals surface area contributed by atoms with Gasteiger partial charge in [0.05, 0.1) is 10.9 Å². The Morgan fingerprint density at radius 2 is 2.09 bits per heavy atom. The van der Waals surface area contributed by atoms with Crippen molar-refractivity contribution in [3.8, 4) is 11.5 Å². The van der Waals surface area contributed by atoms with Crippen molar-refractivity contribution in [2.24, 2.45) is 0 Å². The molecule has 0 saturated carbocycles. The molecule has 0 spiro atoms. The van der Waals surface area contributed by atoms with E-state index >= 15 is 0 Å². The zero-order valence-electron chi connectivity index (χ0n) is 5.63. The van der Waals surface area contributed by atoms with Crippen molar-refractivity contribution in [1.29, 1.82) is 0 Å². The maximum Gasteiger partial charge on any atom is 0.154 e. The lowest BCUT2D eigenvalue weighted by atomic mass is 10.2. The first-order valence-corrected chi connectivity index (χ1v) is 3.19. The molecule has 2 aromatic rings. The number of hydrogen-bond donors (Lipinski definition) is 3. The molecule has 3 N–H and O–H groups in total. The van der Waals surface area contributed by atoms with Gasteiger partial charge in [-0.3, -0.25) is 0 Å². The van der Waals surface area contributed by atoms with Gasteiger partial charge in [0, 0.05) is 0 Å². The first-order valence-electron chi connectivity index (χ1n) is 3.19. The highest BCUT2D eigenvalue weighted by Gasteiger charge is 2.05. The van der Waals surface area contributed by atoms with Crippen LogP contribution in [0.5, 0.6) is 11.5 Å². The fourth-order valence-corrected chi connectivity index (χ4v) is 1.08. The molecule has 0 aliphatic heterocycles. The standard InChI is InChI=1S/C8H6NO2/c10-6-3-1-2-5-8(6)7(11)4-9-5/h1-3,9-11H. The molecule has 11 heavy (non-hydrogen) atoms. The smallest absolute Gasteiger partial charge is 0.154 e. The second-order valence-electron chi connectivity index (χ2n) is 2.30. The SMILES string of the molecule is Oc1[c][nH]c2cccc(O)c12. The van der Waals surface area contributed by atoms with Crippen LogP contribution in [0, 0.1) is 6.20 Å². The van der Waals surface area contributed by atoms with Crippen molar-refractivity contribution in [3.05, 3.63) is 24.4 Å². The van der Waals surface area contributed by atoms with Gasteiger partial charge < -0.3 is 15.2 Å². The average Bonchev–Trinajstić information content (AvgIpc) is 2.34. The van der Waals surface area contributed by atoms with E-state index in [-0.39, 0.29) is 11.5 Å². The summed E-state index contributed by atoms with van der Waals surface area (Å²) in [6, 6.07) is 4.97. The van der Waals surface area contributed by atoms with Crippen LogP contribution in [0.4, 0.5) is 0 Å². The fourth-order valence-electron chi connectivity index (χ4n) is 1.08. The van der Waals surface area contributed by atoms with E-state index in [9.17, 15) is 5.11 Å². The molecule has 0 bridgehead atoms. The molecule has 0 amide bonds. The molecule has 0 unspecified atom stereocenters. The van der Waals surface area contributed by atoms with Crippen molar-refractivity contribution in [2.45, 2.75) is 0 Å². The molecule has 0 aliphatic rings.